The van der Waals surface area contributed by atoms with Gasteiger partial charge in [-0.1, -0.05) is 37.3 Å². The predicted octanol–water partition coefficient (Wildman–Crippen LogP) is 4.12. The Labute approximate surface area is 129 Å². The van der Waals surface area contributed by atoms with Gasteiger partial charge in [-0.2, -0.15) is 0 Å². The zero-order valence-electron chi connectivity index (χ0n) is 13.3. The maximum Gasteiger partial charge on any atom is 0.0625 e. The van der Waals surface area contributed by atoms with E-state index in [4.69, 9.17) is 4.74 Å². The highest BCUT2D eigenvalue weighted by Crippen LogP contribution is 2.34. The quantitative estimate of drug-likeness (QED) is 0.899. The molecule has 1 aliphatic carbocycles. The normalized spacial score (nSPS) is 33.8. The minimum absolute atomic E-state index is 0.487. The van der Waals surface area contributed by atoms with E-state index in [1.165, 1.54) is 50.6 Å². The molecule has 3 rings (SSSR count). The molecule has 2 fully saturated rings. The van der Waals surface area contributed by atoms with Crippen LogP contribution >= 0.6 is 0 Å². The van der Waals surface area contributed by atoms with Gasteiger partial charge in [-0.15, -0.1) is 0 Å². The number of benzene rings is 1. The zero-order chi connectivity index (χ0) is 14.5. The summed E-state index contributed by atoms with van der Waals surface area (Å²) in [5, 5.41) is 3.62. The molecule has 2 aliphatic rings. The molecule has 1 aliphatic heterocycles. The van der Waals surface area contributed by atoms with Crippen LogP contribution in [0.4, 0.5) is 0 Å². The molecule has 0 aromatic heterocycles. The van der Waals surface area contributed by atoms with Gasteiger partial charge in [-0.05, 0) is 62.5 Å². The Balaban J connectivity index is 1.41. The van der Waals surface area contributed by atoms with Crippen LogP contribution in [-0.2, 0) is 4.74 Å². The van der Waals surface area contributed by atoms with Crippen LogP contribution in [-0.4, -0.2) is 25.3 Å². The molecular weight excluding hydrogens is 258 g/mol. The maximum absolute atomic E-state index is 6.21. The van der Waals surface area contributed by atoms with Crippen LogP contribution in [0.5, 0.6) is 0 Å². The van der Waals surface area contributed by atoms with Gasteiger partial charge in [-0.3, -0.25) is 0 Å². The highest BCUT2D eigenvalue weighted by molar-refractivity contribution is 5.19. The molecule has 1 saturated carbocycles. The minimum Gasteiger partial charge on any atom is -0.377 e. The van der Waals surface area contributed by atoms with E-state index in [-0.39, 0.29) is 0 Å². The van der Waals surface area contributed by atoms with Crippen LogP contribution in [0.2, 0.25) is 0 Å². The smallest absolute Gasteiger partial charge is 0.0625 e. The summed E-state index contributed by atoms with van der Waals surface area (Å²) in [6, 6.07) is 11.6. The third-order valence-electron chi connectivity index (χ3n) is 5.39. The van der Waals surface area contributed by atoms with Crippen LogP contribution in [0.3, 0.4) is 0 Å². The Morgan fingerprint density at radius 1 is 1.05 bits per heavy atom. The summed E-state index contributed by atoms with van der Waals surface area (Å²) in [4.78, 5) is 0. The fourth-order valence-electron chi connectivity index (χ4n) is 3.86. The molecule has 1 heterocycles. The molecule has 0 amide bonds. The van der Waals surface area contributed by atoms with Crippen LogP contribution in [0.15, 0.2) is 30.3 Å². The van der Waals surface area contributed by atoms with Crippen molar-refractivity contribution < 1.29 is 4.74 Å². The van der Waals surface area contributed by atoms with E-state index in [0.717, 1.165) is 18.4 Å². The second-order valence-corrected chi connectivity index (χ2v) is 6.90. The molecule has 116 valence electrons. The monoisotopic (exact) mass is 287 g/mol. The Bertz CT molecular complexity index is 411. The summed E-state index contributed by atoms with van der Waals surface area (Å²) in [6.07, 6.45) is 8.16. The molecule has 1 aromatic carbocycles. The average molecular weight is 287 g/mol. The summed E-state index contributed by atoms with van der Waals surface area (Å²) >= 11 is 0. The summed E-state index contributed by atoms with van der Waals surface area (Å²) in [5.74, 6) is 1.51. The van der Waals surface area contributed by atoms with Crippen molar-refractivity contribution in [3.05, 3.63) is 35.9 Å². The van der Waals surface area contributed by atoms with Crippen molar-refractivity contribution in [2.45, 2.75) is 63.5 Å². The van der Waals surface area contributed by atoms with E-state index >= 15 is 0 Å². The lowest BCUT2D eigenvalue weighted by molar-refractivity contribution is 0.00117. The molecule has 0 unspecified atom stereocenters. The average Bonchev–Trinajstić information content (AvgIpc) is 2.55. The molecule has 1 aromatic rings. The van der Waals surface area contributed by atoms with E-state index in [1.807, 2.05) is 0 Å². The van der Waals surface area contributed by atoms with E-state index < -0.39 is 0 Å². The van der Waals surface area contributed by atoms with Gasteiger partial charge in [0.1, 0.15) is 0 Å². The van der Waals surface area contributed by atoms with Gasteiger partial charge < -0.3 is 10.1 Å². The van der Waals surface area contributed by atoms with Crippen molar-refractivity contribution >= 4 is 0 Å². The number of rotatable bonds is 4. The maximum atomic E-state index is 6.21. The third kappa shape index (κ3) is 4.08. The lowest BCUT2D eigenvalue weighted by Crippen LogP contribution is -2.44. The standard InChI is InChI=1S/C19H29NO/c1-15-6-5-13-20-19(15)14-21-18-11-9-17(10-12-18)16-7-3-2-4-8-16/h2-4,7-8,15,17-20H,5-6,9-14H2,1H3/t15-,17?,18?,19-/m0/s1. The predicted molar refractivity (Wildman–Crippen MR) is 87.6 cm³/mol. The molecule has 2 heteroatoms. The molecule has 21 heavy (non-hydrogen) atoms. The van der Waals surface area contributed by atoms with E-state index in [0.29, 0.717) is 12.1 Å². The number of ether oxygens (including phenoxy) is 1. The van der Waals surface area contributed by atoms with Crippen LogP contribution < -0.4 is 5.32 Å². The second kappa shape index (κ2) is 7.42. The molecule has 2 atom stereocenters. The van der Waals surface area contributed by atoms with Crippen LogP contribution in [0.25, 0.3) is 0 Å². The lowest BCUT2D eigenvalue weighted by Gasteiger charge is -2.33. The van der Waals surface area contributed by atoms with Gasteiger partial charge in [0.05, 0.1) is 12.7 Å². The second-order valence-electron chi connectivity index (χ2n) is 6.90. The van der Waals surface area contributed by atoms with Crippen molar-refractivity contribution in [3.8, 4) is 0 Å². The molecular formula is C19H29NO. The summed E-state index contributed by atoms with van der Waals surface area (Å²) in [7, 11) is 0. The van der Waals surface area contributed by atoms with Gasteiger partial charge in [-0.25, -0.2) is 0 Å². The van der Waals surface area contributed by atoms with Crippen molar-refractivity contribution in [1.82, 2.24) is 5.32 Å². The summed E-state index contributed by atoms with van der Waals surface area (Å²) in [5.41, 5.74) is 1.51. The van der Waals surface area contributed by atoms with Gasteiger partial charge in [0.15, 0.2) is 0 Å². The Morgan fingerprint density at radius 2 is 1.81 bits per heavy atom. The van der Waals surface area contributed by atoms with E-state index in [1.54, 1.807) is 0 Å². The number of nitrogens with one attached hydrogen (secondary N) is 1. The molecule has 1 N–H and O–H groups in total. The Morgan fingerprint density at radius 3 is 2.52 bits per heavy atom. The number of piperidine rings is 1. The SMILES string of the molecule is C[C@H]1CCCN[C@H]1COC1CCC(c2ccccc2)CC1. The van der Waals surface area contributed by atoms with Crippen LogP contribution in [0, 0.1) is 5.92 Å². The topological polar surface area (TPSA) is 21.3 Å². The first kappa shape index (κ1) is 15.1. The molecule has 2 nitrogen and oxygen atoms in total. The van der Waals surface area contributed by atoms with Crippen molar-refractivity contribution in [1.29, 1.82) is 0 Å². The highest BCUT2D eigenvalue weighted by Gasteiger charge is 2.25. The highest BCUT2D eigenvalue weighted by atomic mass is 16.5. The van der Waals surface area contributed by atoms with Gasteiger partial charge >= 0.3 is 0 Å². The van der Waals surface area contributed by atoms with Crippen LogP contribution in [0.1, 0.15) is 56.9 Å². The summed E-state index contributed by atoms with van der Waals surface area (Å²) in [6.45, 7) is 4.42. The first-order valence-electron chi connectivity index (χ1n) is 8.73. The number of hydrogen-bond donors (Lipinski definition) is 1. The molecule has 0 bridgehead atoms. The molecule has 1 saturated heterocycles. The lowest BCUT2D eigenvalue weighted by atomic mass is 9.83. The van der Waals surface area contributed by atoms with E-state index in [2.05, 4.69) is 42.6 Å². The number of hydrogen-bond acceptors (Lipinski definition) is 2. The fourth-order valence-corrected chi connectivity index (χ4v) is 3.86. The Kier molecular flexibility index (Phi) is 5.32. The minimum atomic E-state index is 0.487. The summed E-state index contributed by atoms with van der Waals surface area (Å²) < 4.78 is 6.21. The molecule has 0 spiro atoms. The van der Waals surface area contributed by atoms with Gasteiger partial charge in [0.2, 0.25) is 0 Å². The fraction of sp³-hybridized carbons (Fsp3) is 0.684. The van der Waals surface area contributed by atoms with Gasteiger partial charge in [0.25, 0.3) is 0 Å². The first-order chi connectivity index (χ1) is 10.3. The molecule has 0 radical (unpaired) electrons. The van der Waals surface area contributed by atoms with Crippen molar-refractivity contribution in [2.24, 2.45) is 5.92 Å². The largest absolute Gasteiger partial charge is 0.377 e. The van der Waals surface area contributed by atoms with E-state index in [9.17, 15) is 0 Å². The Hall–Kier alpha value is -0.860. The first-order valence-corrected chi connectivity index (χ1v) is 8.73. The third-order valence-corrected chi connectivity index (χ3v) is 5.39. The van der Waals surface area contributed by atoms with Gasteiger partial charge in [0, 0.05) is 6.04 Å². The zero-order valence-corrected chi connectivity index (χ0v) is 13.3. The van der Waals surface area contributed by atoms with Crippen molar-refractivity contribution in [2.75, 3.05) is 13.2 Å². The van der Waals surface area contributed by atoms with Crippen molar-refractivity contribution in [3.63, 3.8) is 0 Å².